The van der Waals surface area contributed by atoms with Gasteiger partial charge in [-0.1, -0.05) is 6.92 Å². The first-order valence-electron chi connectivity index (χ1n) is 5.40. The highest BCUT2D eigenvalue weighted by Gasteiger charge is 2.14. The second kappa shape index (κ2) is 8.05. The zero-order chi connectivity index (χ0) is 11.7. The van der Waals surface area contributed by atoms with Crippen LogP contribution < -0.4 is 0 Å². The second-order valence-corrected chi connectivity index (χ2v) is 4.22. The molecule has 0 aliphatic carbocycles. The van der Waals surface area contributed by atoms with Crippen molar-refractivity contribution in [3.63, 3.8) is 0 Å². The smallest absolute Gasteiger partial charge is 0.0824 e. The summed E-state index contributed by atoms with van der Waals surface area (Å²) in [6.45, 7) is 7.52. The topological polar surface area (TPSA) is 47.9 Å². The average Bonchev–Trinajstić information content (AvgIpc) is 2.14. The van der Waals surface area contributed by atoms with Crippen molar-refractivity contribution in [2.45, 2.75) is 38.9 Å². The van der Waals surface area contributed by atoms with Crippen molar-refractivity contribution in [2.75, 3.05) is 33.5 Å². The van der Waals surface area contributed by atoms with E-state index in [1.807, 2.05) is 6.92 Å². The van der Waals surface area contributed by atoms with Crippen LogP contribution in [0.5, 0.6) is 0 Å². The fourth-order valence-corrected chi connectivity index (χ4v) is 1.02. The summed E-state index contributed by atoms with van der Waals surface area (Å²) in [5, 5.41) is 9.43. The third-order valence-electron chi connectivity index (χ3n) is 1.86. The van der Waals surface area contributed by atoms with Gasteiger partial charge in [-0.3, -0.25) is 0 Å². The Hall–Kier alpha value is -0.160. The molecule has 0 aliphatic heterocycles. The van der Waals surface area contributed by atoms with Gasteiger partial charge in [-0.2, -0.15) is 0 Å². The van der Waals surface area contributed by atoms with Gasteiger partial charge in [0.05, 0.1) is 38.1 Å². The van der Waals surface area contributed by atoms with Crippen molar-refractivity contribution in [1.29, 1.82) is 0 Å². The van der Waals surface area contributed by atoms with Crippen LogP contribution in [0.2, 0.25) is 0 Å². The van der Waals surface area contributed by atoms with Crippen molar-refractivity contribution in [3.8, 4) is 0 Å². The van der Waals surface area contributed by atoms with Gasteiger partial charge in [-0.15, -0.1) is 0 Å². The maximum absolute atomic E-state index is 9.43. The van der Waals surface area contributed by atoms with Gasteiger partial charge in [0.1, 0.15) is 0 Å². The van der Waals surface area contributed by atoms with Gasteiger partial charge in [0.15, 0.2) is 0 Å². The lowest BCUT2D eigenvalue weighted by molar-refractivity contribution is -0.0706. The third kappa shape index (κ3) is 10.1. The quantitative estimate of drug-likeness (QED) is 0.593. The van der Waals surface area contributed by atoms with Gasteiger partial charge in [0.2, 0.25) is 0 Å². The largest absolute Gasteiger partial charge is 0.388 e. The zero-order valence-electron chi connectivity index (χ0n) is 10.3. The summed E-state index contributed by atoms with van der Waals surface area (Å²) in [4.78, 5) is 0. The van der Waals surface area contributed by atoms with E-state index >= 15 is 0 Å². The van der Waals surface area contributed by atoms with E-state index in [9.17, 15) is 5.11 Å². The molecule has 0 radical (unpaired) electrons. The molecule has 0 aromatic rings. The van der Waals surface area contributed by atoms with E-state index in [0.29, 0.717) is 26.4 Å². The van der Waals surface area contributed by atoms with Crippen LogP contribution in [0.1, 0.15) is 27.2 Å². The van der Waals surface area contributed by atoms with E-state index in [1.54, 1.807) is 21.0 Å². The summed E-state index contributed by atoms with van der Waals surface area (Å²) in [6, 6.07) is 0. The van der Waals surface area contributed by atoms with Gasteiger partial charge >= 0.3 is 0 Å². The fraction of sp³-hybridized carbons (Fsp3) is 1.00. The molecule has 15 heavy (non-hydrogen) atoms. The molecular weight excluding hydrogens is 196 g/mol. The molecule has 0 bridgehead atoms. The van der Waals surface area contributed by atoms with Crippen molar-refractivity contribution >= 4 is 0 Å². The summed E-state index contributed by atoms with van der Waals surface area (Å²) in [6.07, 6.45) is 0.984. The summed E-state index contributed by atoms with van der Waals surface area (Å²) in [5.74, 6) is 0. The molecule has 0 saturated heterocycles. The SMILES string of the molecule is CCC(COCC(C)(C)O)OCCOC. The normalized spacial score (nSPS) is 14.2. The molecule has 0 aromatic heterocycles. The molecule has 92 valence electrons. The monoisotopic (exact) mass is 220 g/mol. The number of ether oxygens (including phenoxy) is 3. The predicted molar refractivity (Wildman–Crippen MR) is 59.0 cm³/mol. The van der Waals surface area contributed by atoms with Crippen LogP contribution >= 0.6 is 0 Å². The molecule has 0 fully saturated rings. The lowest BCUT2D eigenvalue weighted by Crippen LogP contribution is -2.29. The standard InChI is InChI=1S/C11H24O4/c1-5-10(15-7-6-13-4)8-14-9-11(2,3)12/h10,12H,5-9H2,1-4H3. The maximum Gasteiger partial charge on any atom is 0.0824 e. The molecule has 0 aromatic carbocycles. The Morgan fingerprint density at radius 2 is 1.93 bits per heavy atom. The van der Waals surface area contributed by atoms with E-state index in [1.165, 1.54) is 0 Å². The second-order valence-electron chi connectivity index (χ2n) is 4.22. The predicted octanol–water partition coefficient (Wildman–Crippen LogP) is 1.22. The van der Waals surface area contributed by atoms with E-state index in [0.717, 1.165) is 6.42 Å². The van der Waals surface area contributed by atoms with Crippen LogP contribution in [0.25, 0.3) is 0 Å². The van der Waals surface area contributed by atoms with Crippen LogP contribution in [-0.2, 0) is 14.2 Å². The number of methoxy groups -OCH3 is 1. The molecular formula is C11H24O4. The Kier molecular flexibility index (Phi) is 7.96. The van der Waals surface area contributed by atoms with Crippen LogP contribution in [0, 0.1) is 0 Å². The molecule has 0 saturated carbocycles. The Bertz CT molecular complexity index is 142. The lowest BCUT2D eigenvalue weighted by Gasteiger charge is -2.20. The van der Waals surface area contributed by atoms with Crippen molar-refractivity contribution in [3.05, 3.63) is 0 Å². The maximum atomic E-state index is 9.43. The zero-order valence-corrected chi connectivity index (χ0v) is 10.3. The van der Waals surface area contributed by atoms with Gasteiger partial charge in [0.25, 0.3) is 0 Å². The van der Waals surface area contributed by atoms with Crippen molar-refractivity contribution < 1.29 is 19.3 Å². The van der Waals surface area contributed by atoms with Crippen LogP contribution in [0.15, 0.2) is 0 Å². The molecule has 4 nitrogen and oxygen atoms in total. The Morgan fingerprint density at radius 1 is 1.27 bits per heavy atom. The van der Waals surface area contributed by atoms with Gasteiger partial charge in [0, 0.05) is 7.11 Å². The summed E-state index contributed by atoms with van der Waals surface area (Å²) >= 11 is 0. The fourth-order valence-electron chi connectivity index (χ4n) is 1.02. The molecule has 0 heterocycles. The Labute approximate surface area is 92.5 Å². The van der Waals surface area contributed by atoms with E-state index < -0.39 is 5.60 Å². The van der Waals surface area contributed by atoms with Gasteiger partial charge in [-0.25, -0.2) is 0 Å². The highest BCUT2D eigenvalue weighted by atomic mass is 16.6. The third-order valence-corrected chi connectivity index (χ3v) is 1.86. The van der Waals surface area contributed by atoms with E-state index in [2.05, 4.69) is 0 Å². The first-order chi connectivity index (χ1) is 6.99. The summed E-state index contributed by atoms with van der Waals surface area (Å²) in [7, 11) is 1.65. The highest BCUT2D eigenvalue weighted by Crippen LogP contribution is 2.04. The molecule has 4 heteroatoms. The Balaban J connectivity index is 3.52. The minimum Gasteiger partial charge on any atom is -0.388 e. The first-order valence-corrected chi connectivity index (χ1v) is 5.40. The number of hydrogen-bond acceptors (Lipinski definition) is 4. The molecule has 0 rings (SSSR count). The van der Waals surface area contributed by atoms with Crippen molar-refractivity contribution in [1.82, 2.24) is 0 Å². The first kappa shape index (κ1) is 14.8. The van der Waals surface area contributed by atoms with Crippen molar-refractivity contribution in [2.24, 2.45) is 0 Å². The van der Waals surface area contributed by atoms with E-state index in [-0.39, 0.29) is 6.10 Å². The molecule has 0 spiro atoms. The van der Waals surface area contributed by atoms with Gasteiger partial charge in [-0.05, 0) is 20.3 Å². The molecule has 1 N–H and O–H groups in total. The molecule has 0 aliphatic rings. The summed E-state index contributed by atoms with van der Waals surface area (Å²) in [5.41, 5.74) is -0.773. The minimum atomic E-state index is -0.773. The van der Waals surface area contributed by atoms with Crippen LogP contribution in [0.4, 0.5) is 0 Å². The highest BCUT2D eigenvalue weighted by molar-refractivity contribution is 4.64. The number of aliphatic hydroxyl groups is 1. The van der Waals surface area contributed by atoms with Crippen LogP contribution in [0.3, 0.4) is 0 Å². The lowest BCUT2D eigenvalue weighted by atomic mass is 10.2. The summed E-state index contributed by atoms with van der Waals surface area (Å²) < 4.78 is 15.8. The Morgan fingerprint density at radius 3 is 2.40 bits per heavy atom. The number of hydrogen-bond donors (Lipinski definition) is 1. The molecule has 1 unspecified atom stereocenters. The number of rotatable bonds is 9. The van der Waals surface area contributed by atoms with E-state index in [4.69, 9.17) is 14.2 Å². The molecule has 1 atom stereocenters. The van der Waals surface area contributed by atoms with Gasteiger partial charge < -0.3 is 19.3 Å². The average molecular weight is 220 g/mol. The molecule has 0 amide bonds. The van der Waals surface area contributed by atoms with Crippen LogP contribution in [-0.4, -0.2) is 50.3 Å². The minimum absolute atomic E-state index is 0.0856.